The first-order valence-corrected chi connectivity index (χ1v) is 7.04. The monoisotopic (exact) mass is 184 g/mol. The van der Waals surface area contributed by atoms with Crippen molar-refractivity contribution >= 4 is 8.32 Å². The minimum atomic E-state index is -1.51. The average Bonchev–Trinajstić information content (AvgIpc) is 2.06. The van der Waals surface area contributed by atoms with Crippen LogP contribution in [0.1, 0.15) is 13.3 Å². The van der Waals surface area contributed by atoms with Crippen LogP contribution < -0.4 is 0 Å². The van der Waals surface area contributed by atoms with Gasteiger partial charge in [-0.3, -0.25) is 0 Å². The van der Waals surface area contributed by atoms with Gasteiger partial charge in [-0.25, -0.2) is 0 Å². The molecule has 0 spiro atoms. The summed E-state index contributed by atoms with van der Waals surface area (Å²) in [5.74, 6) is 0. The highest BCUT2D eigenvalue weighted by molar-refractivity contribution is 6.74. The Labute approximate surface area is 77.3 Å². The van der Waals surface area contributed by atoms with Crippen LogP contribution in [0.4, 0.5) is 0 Å². The Bertz CT molecular complexity index is 133. The summed E-state index contributed by atoms with van der Waals surface area (Å²) in [4.78, 5) is 0. The molecule has 2 heteroatoms. The second-order valence-corrected chi connectivity index (χ2v) is 7.21. The third-order valence-corrected chi connectivity index (χ3v) is 6.51. The van der Waals surface area contributed by atoms with Crippen molar-refractivity contribution in [3.63, 3.8) is 0 Å². The van der Waals surface area contributed by atoms with Crippen LogP contribution in [0, 0.1) is 0 Å². The first-order chi connectivity index (χ1) is 5.74. The SMILES string of the molecule is C=CC[Si](CC=C)(CCC)OC. The van der Waals surface area contributed by atoms with Crippen LogP contribution in [0.2, 0.25) is 18.1 Å². The normalized spacial score (nSPS) is 11.2. The van der Waals surface area contributed by atoms with Crippen molar-refractivity contribution in [1.29, 1.82) is 0 Å². The van der Waals surface area contributed by atoms with E-state index in [0.29, 0.717) is 0 Å². The van der Waals surface area contributed by atoms with Gasteiger partial charge in [0.15, 0.2) is 8.32 Å². The minimum Gasteiger partial charge on any atom is -0.419 e. The van der Waals surface area contributed by atoms with Gasteiger partial charge < -0.3 is 4.43 Å². The molecule has 0 aromatic carbocycles. The van der Waals surface area contributed by atoms with E-state index < -0.39 is 8.32 Å². The molecule has 0 heterocycles. The minimum absolute atomic E-state index is 1.04. The van der Waals surface area contributed by atoms with Gasteiger partial charge >= 0.3 is 0 Å². The molecule has 0 aliphatic carbocycles. The predicted molar refractivity (Wildman–Crippen MR) is 57.9 cm³/mol. The fourth-order valence-corrected chi connectivity index (χ4v) is 4.61. The van der Waals surface area contributed by atoms with Crippen molar-refractivity contribution < 1.29 is 4.43 Å². The van der Waals surface area contributed by atoms with E-state index >= 15 is 0 Å². The molecule has 0 aromatic heterocycles. The second-order valence-electron chi connectivity index (χ2n) is 3.12. The van der Waals surface area contributed by atoms with Gasteiger partial charge in [0.2, 0.25) is 0 Å². The van der Waals surface area contributed by atoms with Gasteiger partial charge in [0.1, 0.15) is 0 Å². The molecule has 1 nitrogen and oxygen atoms in total. The standard InChI is InChI=1S/C10H20OSi/c1-5-8-12(11-4,9-6-2)10-7-3/h5-6H,1-2,7-10H2,3-4H3. The maximum absolute atomic E-state index is 5.66. The van der Waals surface area contributed by atoms with Gasteiger partial charge in [-0.2, -0.15) is 0 Å². The summed E-state index contributed by atoms with van der Waals surface area (Å²) in [5, 5.41) is 0. The summed E-state index contributed by atoms with van der Waals surface area (Å²) in [6.45, 7) is 9.76. The van der Waals surface area contributed by atoms with Crippen LogP contribution in [0.25, 0.3) is 0 Å². The van der Waals surface area contributed by atoms with Crippen LogP contribution in [0.5, 0.6) is 0 Å². The molecule has 70 valence electrons. The summed E-state index contributed by atoms with van der Waals surface area (Å²) in [5.41, 5.74) is 0. The molecule has 0 amide bonds. The molecule has 0 aliphatic rings. The van der Waals surface area contributed by atoms with E-state index in [0.717, 1.165) is 12.1 Å². The van der Waals surface area contributed by atoms with Crippen molar-refractivity contribution in [3.05, 3.63) is 25.3 Å². The smallest absolute Gasteiger partial charge is 0.199 e. The van der Waals surface area contributed by atoms with Gasteiger partial charge in [-0.15, -0.1) is 13.2 Å². The molecular weight excluding hydrogens is 164 g/mol. The number of hydrogen-bond acceptors (Lipinski definition) is 1. The first kappa shape index (κ1) is 11.7. The summed E-state index contributed by atoms with van der Waals surface area (Å²) in [6.07, 6.45) is 5.16. The van der Waals surface area contributed by atoms with Gasteiger partial charge in [0, 0.05) is 7.11 Å². The number of allylic oxidation sites excluding steroid dienone is 2. The van der Waals surface area contributed by atoms with Crippen molar-refractivity contribution in [1.82, 2.24) is 0 Å². The lowest BCUT2D eigenvalue weighted by atomic mass is 10.6. The molecule has 0 unspecified atom stereocenters. The molecule has 0 saturated heterocycles. The van der Waals surface area contributed by atoms with Crippen LogP contribution in [-0.2, 0) is 4.43 Å². The summed E-state index contributed by atoms with van der Waals surface area (Å²) in [6, 6.07) is 3.30. The maximum Gasteiger partial charge on any atom is 0.199 e. The molecule has 0 N–H and O–H groups in total. The predicted octanol–water partition coefficient (Wildman–Crippen LogP) is 3.36. The Morgan fingerprint density at radius 1 is 1.25 bits per heavy atom. The molecule has 0 aromatic rings. The zero-order chi connectivity index (χ0) is 9.45. The molecule has 0 saturated carbocycles. The molecule has 0 radical (unpaired) electrons. The van der Waals surface area contributed by atoms with Crippen LogP contribution >= 0.6 is 0 Å². The van der Waals surface area contributed by atoms with E-state index in [-0.39, 0.29) is 0 Å². The number of rotatable bonds is 7. The fourth-order valence-electron chi connectivity index (χ4n) is 1.54. The maximum atomic E-state index is 5.66. The van der Waals surface area contributed by atoms with Gasteiger partial charge in [-0.1, -0.05) is 25.5 Å². The molecular formula is C10H20OSi. The Morgan fingerprint density at radius 2 is 1.75 bits per heavy atom. The lowest BCUT2D eigenvalue weighted by molar-refractivity contribution is 0.395. The Kier molecular flexibility index (Phi) is 6.03. The topological polar surface area (TPSA) is 9.23 Å². The third-order valence-electron chi connectivity index (χ3n) is 2.17. The van der Waals surface area contributed by atoms with Crippen molar-refractivity contribution in [2.75, 3.05) is 7.11 Å². The van der Waals surface area contributed by atoms with Crippen LogP contribution in [0.3, 0.4) is 0 Å². The summed E-state index contributed by atoms with van der Waals surface area (Å²) in [7, 11) is 0.323. The summed E-state index contributed by atoms with van der Waals surface area (Å²) >= 11 is 0. The lowest BCUT2D eigenvalue weighted by Crippen LogP contribution is -2.35. The van der Waals surface area contributed by atoms with E-state index in [1.54, 1.807) is 0 Å². The van der Waals surface area contributed by atoms with E-state index in [1.165, 1.54) is 12.5 Å². The quantitative estimate of drug-likeness (QED) is 0.435. The Hall–Kier alpha value is -0.343. The largest absolute Gasteiger partial charge is 0.419 e. The number of hydrogen-bond donors (Lipinski definition) is 0. The highest BCUT2D eigenvalue weighted by Gasteiger charge is 2.29. The third kappa shape index (κ3) is 3.37. The molecule has 0 atom stereocenters. The fraction of sp³-hybridized carbons (Fsp3) is 0.600. The Morgan fingerprint density at radius 3 is 2.00 bits per heavy atom. The Balaban J connectivity index is 4.25. The van der Waals surface area contributed by atoms with Crippen LogP contribution in [-0.4, -0.2) is 15.4 Å². The zero-order valence-electron chi connectivity index (χ0n) is 8.31. The molecule has 0 rings (SSSR count). The van der Waals surface area contributed by atoms with Crippen LogP contribution in [0.15, 0.2) is 25.3 Å². The van der Waals surface area contributed by atoms with E-state index in [4.69, 9.17) is 4.43 Å². The van der Waals surface area contributed by atoms with Gasteiger partial charge in [0.25, 0.3) is 0 Å². The van der Waals surface area contributed by atoms with Crippen molar-refractivity contribution in [3.8, 4) is 0 Å². The van der Waals surface area contributed by atoms with E-state index in [9.17, 15) is 0 Å². The molecule has 12 heavy (non-hydrogen) atoms. The molecule has 0 bridgehead atoms. The van der Waals surface area contributed by atoms with Gasteiger partial charge in [-0.05, 0) is 18.1 Å². The highest BCUT2D eigenvalue weighted by atomic mass is 28.4. The van der Waals surface area contributed by atoms with Crippen molar-refractivity contribution in [2.45, 2.75) is 31.5 Å². The highest BCUT2D eigenvalue weighted by Crippen LogP contribution is 2.24. The first-order valence-electron chi connectivity index (χ1n) is 4.51. The van der Waals surface area contributed by atoms with Crippen molar-refractivity contribution in [2.24, 2.45) is 0 Å². The lowest BCUT2D eigenvalue weighted by Gasteiger charge is -2.26. The molecule has 0 fully saturated rings. The second kappa shape index (κ2) is 6.20. The van der Waals surface area contributed by atoms with Gasteiger partial charge in [0.05, 0.1) is 0 Å². The van der Waals surface area contributed by atoms with E-state index in [2.05, 4.69) is 20.1 Å². The zero-order valence-corrected chi connectivity index (χ0v) is 9.31. The summed E-state index contributed by atoms with van der Waals surface area (Å²) < 4.78 is 5.66. The van der Waals surface area contributed by atoms with E-state index in [1.807, 2.05) is 19.3 Å². The average molecular weight is 184 g/mol. The molecule has 0 aliphatic heterocycles.